The Bertz CT molecular complexity index is 2680. The number of rotatable bonds is 16. The maximum atomic E-state index is 11.8. The van der Waals surface area contributed by atoms with E-state index in [9.17, 15) is 28.8 Å². The Morgan fingerprint density at radius 3 is 0.658 bits per heavy atom. The maximum absolute atomic E-state index is 11.8. The van der Waals surface area contributed by atoms with Gasteiger partial charge in [-0.2, -0.15) is 0 Å². The van der Waals surface area contributed by atoms with E-state index in [2.05, 4.69) is 49.4 Å². The minimum absolute atomic E-state index is 0.290. The minimum Gasteiger partial charge on any atom is -0.497 e. The highest BCUT2D eigenvalue weighted by Crippen LogP contribution is 2.20. The number of unbranched alkanes of at least 4 members (excludes halogenated alkanes) is 2. The van der Waals surface area contributed by atoms with Crippen molar-refractivity contribution in [3.05, 3.63) is 168 Å². The number of benzene rings is 6. The van der Waals surface area contributed by atoms with Crippen molar-refractivity contribution in [3.8, 4) is 81.5 Å². The molecule has 14 nitrogen and oxygen atoms in total. The van der Waals surface area contributed by atoms with Crippen molar-refractivity contribution in [1.29, 1.82) is 0 Å². The van der Waals surface area contributed by atoms with E-state index in [0.29, 0.717) is 46.0 Å². The van der Waals surface area contributed by atoms with Gasteiger partial charge in [-0.05, 0) is 158 Å². The summed E-state index contributed by atoms with van der Waals surface area (Å²) in [5.74, 6) is 11.1. The van der Waals surface area contributed by atoms with Gasteiger partial charge in [0.25, 0.3) is 0 Å². The van der Waals surface area contributed by atoms with Crippen LogP contribution in [0.5, 0.6) is 46.0 Å². The molecule has 0 radical (unpaired) electrons. The van der Waals surface area contributed by atoms with E-state index in [0.717, 1.165) is 62.5 Å². The Morgan fingerprint density at radius 1 is 0.289 bits per heavy atom. The van der Waals surface area contributed by atoms with Crippen molar-refractivity contribution in [3.63, 3.8) is 0 Å². The summed E-state index contributed by atoms with van der Waals surface area (Å²) >= 11 is 0. The second-order valence-electron chi connectivity index (χ2n) is 15.9. The average molecular weight is 1030 g/mol. The van der Waals surface area contributed by atoms with E-state index >= 15 is 0 Å². The summed E-state index contributed by atoms with van der Waals surface area (Å²) in [6, 6.07) is 41.5. The van der Waals surface area contributed by atoms with E-state index in [1.807, 2.05) is 62.4 Å². The molecule has 0 fully saturated rings. The Labute approximate surface area is 443 Å². The highest BCUT2D eigenvalue weighted by Gasteiger charge is 2.08. The summed E-state index contributed by atoms with van der Waals surface area (Å²) in [6.07, 6.45) is 8.29. The molecule has 0 heterocycles. The second kappa shape index (κ2) is 33.2. The van der Waals surface area contributed by atoms with Crippen LogP contribution in [0.15, 0.2) is 146 Å². The zero-order valence-electron chi connectivity index (χ0n) is 43.2. The summed E-state index contributed by atoms with van der Waals surface area (Å²) in [5, 5.41) is 0. The molecule has 0 saturated heterocycles. The van der Waals surface area contributed by atoms with Crippen LogP contribution in [-0.2, 0) is 54.5 Å². The van der Waals surface area contributed by atoms with Gasteiger partial charge in [-0.3, -0.25) is 0 Å². The Morgan fingerprint density at radius 2 is 0.474 bits per heavy atom. The monoisotopic (exact) mass is 1030 g/mol. The van der Waals surface area contributed by atoms with Crippen LogP contribution in [0.3, 0.4) is 0 Å². The predicted molar refractivity (Wildman–Crippen MR) is 285 cm³/mol. The first-order chi connectivity index (χ1) is 36.8. The molecule has 6 aromatic carbocycles. The fourth-order valence-electron chi connectivity index (χ4n) is 6.19. The first kappa shape index (κ1) is 59.0. The van der Waals surface area contributed by atoms with Gasteiger partial charge in [0.2, 0.25) is 0 Å². The Kier molecular flexibility index (Phi) is 25.8. The van der Waals surface area contributed by atoms with Crippen LogP contribution in [0.2, 0.25) is 0 Å². The molecule has 6 aromatic rings. The minimum atomic E-state index is -0.869. The Hall–Kier alpha value is -9.58. The van der Waals surface area contributed by atoms with Crippen LogP contribution in [0.4, 0.5) is 0 Å². The van der Waals surface area contributed by atoms with Gasteiger partial charge in [-0.25, -0.2) is 28.8 Å². The number of carbonyl (C=O) groups is 6. The van der Waals surface area contributed by atoms with Crippen LogP contribution in [0.25, 0.3) is 0 Å². The van der Waals surface area contributed by atoms with Gasteiger partial charge in [0.1, 0.15) is 46.0 Å². The third-order valence-corrected chi connectivity index (χ3v) is 10.3. The lowest BCUT2D eigenvalue weighted by molar-refractivity contribution is -0.130. The first-order valence-corrected chi connectivity index (χ1v) is 24.3. The number of aryl methyl sites for hydroxylation is 4. The molecule has 0 aliphatic heterocycles. The van der Waals surface area contributed by atoms with Crippen molar-refractivity contribution in [1.82, 2.24) is 0 Å². The van der Waals surface area contributed by atoms with Crippen molar-refractivity contribution in [2.45, 2.75) is 79.1 Å². The van der Waals surface area contributed by atoms with Crippen molar-refractivity contribution in [2.24, 2.45) is 0 Å². The summed E-state index contributed by atoms with van der Waals surface area (Å²) in [7, 11) is 3.06. The van der Waals surface area contributed by atoms with Crippen LogP contribution < -0.4 is 37.9 Å². The van der Waals surface area contributed by atoms with E-state index < -0.39 is 35.8 Å². The molecule has 6 rings (SSSR count). The van der Waals surface area contributed by atoms with Crippen LogP contribution in [0.1, 0.15) is 75.6 Å². The molecule has 0 unspecified atom stereocenters. The average Bonchev–Trinajstić information content (AvgIpc) is 3.44. The molecule has 76 heavy (non-hydrogen) atoms. The van der Waals surface area contributed by atoms with Gasteiger partial charge >= 0.3 is 35.8 Å². The molecular formula is C62H58O14. The van der Waals surface area contributed by atoms with E-state index in [1.54, 1.807) is 97.1 Å². The van der Waals surface area contributed by atoms with E-state index in [-0.39, 0.29) is 0 Å². The van der Waals surface area contributed by atoms with Crippen LogP contribution >= 0.6 is 0 Å². The molecule has 0 aliphatic rings. The summed E-state index contributed by atoms with van der Waals surface area (Å²) in [6.45, 7) is 8.35. The lowest BCUT2D eigenvalue weighted by Crippen LogP contribution is -2.08. The largest absolute Gasteiger partial charge is 0.497 e. The molecular weight excluding hydrogens is 969 g/mol. The van der Waals surface area contributed by atoms with Gasteiger partial charge in [0.15, 0.2) is 0 Å². The number of carbonyl (C=O) groups excluding carboxylic acids is 6. The number of hydrogen-bond acceptors (Lipinski definition) is 14. The second-order valence-corrected chi connectivity index (χ2v) is 15.9. The predicted octanol–water partition coefficient (Wildman–Crippen LogP) is 10.4. The molecule has 0 bridgehead atoms. The highest BCUT2D eigenvalue weighted by molar-refractivity contribution is 6.01. The lowest BCUT2D eigenvalue weighted by Gasteiger charge is -2.03. The van der Waals surface area contributed by atoms with Gasteiger partial charge < -0.3 is 37.9 Å². The van der Waals surface area contributed by atoms with Crippen LogP contribution in [0, 0.1) is 35.5 Å². The molecule has 0 saturated carbocycles. The summed E-state index contributed by atoms with van der Waals surface area (Å²) < 4.78 is 40.1. The normalized spacial score (nSPS) is 9.61. The molecule has 0 spiro atoms. The van der Waals surface area contributed by atoms with Crippen molar-refractivity contribution in [2.75, 3.05) is 14.2 Å². The SMILES string of the molecule is CCCCc1ccc(OC(=O)C#CC(=O)Oc2ccc(CCCC)cc2)cc1.CCc1ccc(OC(=O)C#CC(=O)Oc2ccc(CC)cc2)cc1.COc1ccc(OC(=O)C#CC(=O)Oc2ccc(OC)cc2)cc1. The van der Waals surface area contributed by atoms with Gasteiger partial charge in [-0.15, -0.1) is 0 Å². The topological polar surface area (TPSA) is 176 Å². The summed E-state index contributed by atoms with van der Waals surface area (Å²) in [4.78, 5) is 69.9. The molecule has 0 aliphatic carbocycles. The number of methoxy groups -OCH3 is 2. The lowest BCUT2D eigenvalue weighted by atomic mass is 10.1. The van der Waals surface area contributed by atoms with Crippen molar-refractivity contribution < 1.29 is 66.7 Å². The van der Waals surface area contributed by atoms with E-state index in [4.69, 9.17) is 37.9 Å². The molecule has 0 aromatic heterocycles. The third-order valence-electron chi connectivity index (χ3n) is 10.3. The smallest absolute Gasteiger partial charge is 0.390 e. The zero-order valence-corrected chi connectivity index (χ0v) is 43.2. The fraction of sp³-hybridized carbons (Fsp3) is 0.226. The maximum Gasteiger partial charge on any atom is 0.390 e. The zero-order chi connectivity index (χ0) is 54.9. The molecule has 0 N–H and O–H groups in total. The third kappa shape index (κ3) is 23.3. The van der Waals surface area contributed by atoms with Crippen molar-refractivity contribution >= 4 is 35.8 Å². The molecule has 0 amide bonds. The molecule has 390 valence electrons. The first-order valence-electron chi connectivity index (χ1n) is 24.3. The van der Waals surface area contributed by atoms with Crippen LogP contribution in [-0.4, -0.2) is 50.0 Å². The summed E-state index contributed by atoms with van der Waals surface area (Å²) in [5.41, 5.74) is 4.66. The van der Waals surface area contributed by atoms with Gasteiger partial charge in [-0.1, -0.05) is 89.1 Å². The number of ether oxygens (including phenoxy) is 8. The highest BCUT2D eigenvalue weighted by atomic mass is 16.6. The Balaban J connectivity index is 0.000000247. The fourth-order valence-corrected chi connectivity index (χ4v) is 6.19. The van der Waals surface area contributed by atoms with E-state index in [1.165, 1.54) is 25.3 Å². The number of hydrogen-bond donors (Lipinski definition) is 0. The molecule has 0 atom stereocenters. The molecule has 14 heteroatoms. The van der Waals surface area contributed by atoms with Gasteiger partial charge in [0, 0.05) is 35.5 Å². The quantitative estimate of drug-likeness (QED) is 0.0387. The number of esters is 6. The van der Waals surface area contributed by atoms with Gasteiger partial charge in [0.05, 0.1) is 14.2 Å². The standard InChI is InChI=1S/C24H26O4.C20H18O4.C18H14O6/c1-3-5-7-19-9-13-21(14-10-19)27-23(25)17-18-24(26)28-22-15-11-20(12-16-22)8-6-4-2;1-3-15-5-9-17(10-6-15)23-19(21)13-14-20(22)24-18-11-7-16(4-2)8-12-18;1-21-13-3-7-15(8-4-13)23-17(19)11-12-18(20)24-16-9-5-14(22-2)6-10-16/h9-16H,3-8H2,1-2H3;5-12H,3-4H2,1-2H3;3-10H,1-2H3.